The molecule has 2 atom stereocenters. The smallest absolute Gasteiger partial charge is 0.352 e. The van der Waals surface area contributed by atoms with E-state index in [4.69, 9.17) is 0 Å². The van der Waals surface area contributed by atoms with Crippen molar-refractivity contribution >= 4 is 27.5 Å². The summed E-state index contributed by atoms with van der Waals surface area (Å²) in [4.78, 5) is 28.5. The lowest BCUT2D eigenvalue weighted by Crippen LogP contribution is -2.53. The Morgan fingerprint density at radius 3 is 2.00 bits per heavy atom. The molecule has 0 unspecified atom stereocenters. The van der Waals surface area contributed by atoms with E-state index in [9.17, 15) is 31.2 Å². The number of hydrogen-bond donors (Lipinski definition) is 1. The molecule has 0 fully saturated rings. The van der Waals surface area contributed by atoms with Gasteiger partial charge < -0.3 is 10.2 Å². The molecule has 0 saturated carbocycles. The van der Waals surface area contributed by atoms with Crippen molar-refractivity contribution in [3.8, 4) is 0 Å². The maximum Gasteiger partial charge on any atom is 0.416 e. The Morgan fingerprint density at radius 2 is 1.47 bits per heavy atom. The fourth-order valence-corrected chi connectivity index (χ4v) is 5.86. The Hall–Kier alpha value is -3.86. The monoisotopic (exact) mass is 617 g/mol. The van der Waals surface area contributed by atoms with Crippen molar-refractivity contribution in [1.82, 2.24) is 10.2 Å². The Balaban J connectivity index is 2.12. The molecule has 11 heteroatoms. The Kier molecular flexibility index (Phi) is 11.0. The molecule has 0 saturated heterocycles. The van der Waals surface area contributed by atoms with Crippen LogP contribution in [0, 0.1) is 13.8 Å². The summed E-state index contributed by atoms with van der Waals surface area (Å²) in [5.41, 5.74) is 1.10. The fourth-order valence-electron chi connectivity index (χ4n) is 4.45. The second-order valence-corrected chi connectivity index (χ2v) is 12.5. The van der Waals surface area contributed by atoms with E-state index < -0.39 is 46.2 Å². The van der Waals surface area contributed by atoms with Crippen LogP contribution in [0.1, 0.15) is 55.9 Å². The molecular weight excluding hydrogens is 579 g/mol. The van der Waals surface area contributed by atoms with E-state index in [1.54, 1.807) is 26.0 Å². The van der Waals surface area contributed by atoms with Gasteiger partial charge in [-0.15, -0.1) is 0 Å². The van der Waals surface area contributed by atoms with Gasteiger partial charge in [-0.05, 0) is 69.5 Å². The Morgan fingerprint density at radius 1 is 0.884 bits per heavy atom. The molecule has 7 nitrogen and oxygen atoms in total. The highest BCUT2D eigenvalue weighted by Crippen LogP contribution is 2.33. The quantitative estimate of drug-likeness (QED) is 0.261. The number of rotatable bonds is 12. The molecule has 0 heterocycles. The fraction of sp³-hybridized carbons (Fsp3) is 0.375. The largest absolute Gasteiger partial charge is 0.416 e. The number of carbonyl (C=O) groups is 2. The van der Waals surface area contributed by atoms with Crippen LogP contribution in [-0.4, -0.2) is 43.8 Å². The van der Waals surface area contributed by atoms with Gasteiger partial charge in [0.05, 0.1) is 16.1 Å². The van der Waals surface area contributed by atoms with E-state index in [1.165, 1.54) is 23.1 Å². The lowest BCUT2D eigenvalue weighted by Gasteiger charge is -2.34. The lowest BCUT2D eigenvalue weighted by molar-refractivity contribution is -0.140. The maximum absolute atomic E-state index is 14.1. The highest BCUT2D eigenvalue weighted by Gasteiger charge is 2.36. The van der Waals surface area contributed by atoms with Crippen LogP contribution in [0.4, 0.5) is 18.9 Å². The normalized spacial score (nSPS) is 13.2. The zero-order valence-electron chi connectivity index (χ0n) is 25.0. The van der Waals surface area contributed by atoms with Crippen molar-refractivity contribution in [2.45, 2.75) is 77.2 Å². The average molecular weight is 618 g/mol. The van der Waals surface area contributed by atoms with Crippen molar-refractivity contribution in [3.05, 3.63) is 95.1 Å². The van der Waals surface area contributed by atoms with Gasteiger partial charge in [0.15, 0.2) is 0 Å². The van der Waals surface area contributed by atoms with E-state index in [2.05, 4.69) is 5.32 Å². The van der Waals surface area contributed by atoms with Crippen molar-refractivity contribution in [3.63, 3.8) is 0 Å². The molecule has 3 aromatic rings. The van der Waals surface area contributed by atoms with Crippen molar-refractivity contribution in [1.29, 1.82) is 0 Å². The summed E-state index contributed by atoms with van der Waals surface area (Å²) in [7, 11) is -4.50. The Bertz CT molecular complexity index is 1510. The first-order chi connectivity index (χ1) is 20.2. The van der Waals surface area contributed by atoms with Crippen LogP contribution in [0.3, 0.4) is 0 Å². The van der Waals surface area contributed by atoms with Gasteiger partial charge in [0.2, 0.25) is 11.8 Å². The van der Waals surface area contributed by atoms with Gasteiger partial charge in [-0.1, -0.05) is 67.4 Å². The van der Waals surface area contributed by atoms with Crippen LogP contribution < -0.4 is 9.62 Å². The number of amides is 2. The molecule has 2 amide bonds. The first kappa shape index (κ1) is 33.6. The number of benzene rings is 3. The second kappa shape index (κ2) is 14.1. The van der Waals surface area contributed by atoms with E-state index in [1.807, 2.05) is 45.0 Å². The molecule has 43 heavy (non-hydrogen) atoms. The molecule has 0 aromatic heterocycles. The molecule has 3 rings (SSSR count). The minimum absolute atomic E-state index is 0.00738. The van der Waals surface area contributed by atoms with Gasteiger partial charge in [-0.3, -0.25) is 13.9 Å². The zero-order valence-corrected chi connectivity index (χ0v) is 25.8. The molecule has 3 aromatic carbocycles. The van der Waals surface area contributed by atoms with Crippen LogP contribution in [-0.2, 0) is 32.3 Å². The van der Waals surface area contributed by atoms with Gasteiger partial charge >= 0.3 is 6.18 Å². The van der Waals surface area contributed by atoms with Crippen molar-refractivity contribution in [2.24, 2.45) is 0 Å². The van der Waals surface area contributed by atoms with E-state index in [0.29, 0.717) is 22.4 Å². The number of nitrogens with one attached hydrogen (secondary N) is 1. The summed E-state index contributed by atoms with van der Waals surface area (Å²) >= 11 is 0. The Labute approximate surface area is 251 Å². The third-order valence-corrected chi connectivity index (χ3v) is 9.00. The molecule has 0 aliphatic carbocycles. The SMILES string of the molecule is CC[C@@H](C)NC(=O)[C@@H](CC)N(Cc1ccc(C)cc1)C(=O)CN(c1cccc(C(F)(F)F)c1)S(=O)(=O)c1ccc(C)cc1. The number of sulfonamides is 1. The number of nitrogens with zero attached hydrogens (tertiary/aromatic N) is 2. The average Bonchev–Trinajstić information content (AvgIpc) is 2.96. The number of hydrogen-bond acceptors (Lipinski definition) is 4. The summed E-state index contributed by atoms with van der Waals surface area (Å²) in [6.45, 7) is 8.32. The predicted octanol–water partition coefficient (Wildman–Crippen LogP) is 6.24. The van der Waals surface area contributed by atoms with Crippen LogP contribution in [0.5, 0.6) is 0 Å². The first-order valence-electron chi connectivity index (χ1n) is 14.1. The number of carbonyl (C=O) groups excluding carboxylic acids is 2. The third kappa shape index (κ3) is 8.59. The van der Waals surface area contributed by atoms with Gasteiger partial charge in [0.25, 0.3) is 10.0 Å². The summed E-state index contributed by atoms with van der Waals surface area (Å²) in [5, 5.41) is 2.89. The minimum atomic E-state index is -4.74. The van der Waals surface area contributed by atoms with Gasteiger partial charge in [-0.2, -0.15) is 13.2 Å². The van der Waals surface area contributed by atoms with Crippen LogP contribution >= 0.6 is 0 Å². The molecule has 0 spiro atoms. The molecule has 0 aliphatic rings. The van der Waals surface area contributed by atoms with Crippen LogP contribution in [0.15, 0.2) is 77.7 Å². The van der Waals surface area contributed by atoms with E-state index in [0.717, 1.165) is 23.3 Å². The molecule has 0 radical (unpaired) electrons. The van der Waals surface area contributed by atoms with Crippen LogP contribution in [0.25, 0.3) is 0 Å². The molecule has 0 bridgehead atoms. The summed E-state index contributed by atoms with van der Waals surface area (Å²) < 4.78 is 69.4. The highest BCUT2D eigenvalue weighted by atomic mass is 32.2. The third-order valence-electron chi connectivity index (χ3n) is 7.21. The van der Waals surface area contributed by atoms with E-state index in [-0.39, 0.29) is 29.6 Å². The molecular formula is C32H38F3N3O4S. The number of anilines is 1. The minimum Gasteiger partial charge on any atom is -0.352 e. The maximum atomic E-state index is 14.1. The first-order valence-corrected chi connectivity index (χ1v) is 15.5. The lowest BCUT2D eigenvalue weighted by atomic mass is 10.1. The van der Waals surface area contributed by atoms with Crippen molar-refractivity contribution in [2.75, 3.05) is 10.8 Å². The number of alkyl halides is 3. The number of halogens is 3. The van der Waals surface area contributed by atoms with Crippen LogP contribution in [0.2, 0.25) is 0 Å². The topological polar surface area (TPSA) is 86.8 Å². The summed E-state index contributed by atoms with van der Waals surface area (Å²) in [5.74, 6) is -1.14. The van der Waals surface area contributed by atoms with E-state index >= 15 is 0 Å². The summed E-state index contributed by atoms with van der Waals surface area (Å²) in [6, 6.07) is 15.9. The van der Waals surface area contributed by atoms with Gasteiger partial charge in [-0.25, -0.2) is 8.42 Å². The number of aryl methyl sites for hydroxylation is 2. The summed E-state index contributed by atoms with van der Waals surface area (Å²) in [6.07, 6.45) is -3.85. The van der Waals surface area contributed by atoms with Gasteiger partial charge in [0.1, 0.15) is 12.6 Å². The van der Waals surface area contributed by atoms with Gasteiger partial charge in [0, 0.05) is 12.6 Å². The second-order valence-electron chi connectivity index (χ2n) is 10.6. The van der Waals surface area contributed by atoms with Crippen molar-refractivity contribution < 1.29 is 31.2 Å². The standard InChI is InChI=1S/C32H38F3N3O4S/c1-6-24(5)36-31(40)29(7-2)37(20-25-15-11-22(3)12-16-25)30(39)21-38(27-10-8-9-26(19-27)32(33,34)35)43(41,42)28-17-13-23(4)14-18-28/h8-19,24,29H,6-7,20-21H2,1-5H3,(H,36,40)/t24-,29-/m1/s1. The molecule has 0 aliphatic heterocycles. The highest BCUT2D eigenvalue weighted by molar-refractivity contribution is 7.92. The zero-order chi connectivity index (χ0) is 31.9. The molecule has 232 valence electrons. The predicted molar refractivity (Wildman–Crippen MR) is 161 cm³/mol. The molecule has 1 N–H and O–H groups in total.